The van der Waals surface area contributed by atoms with Crippen molar-refractivity contribution in [3.05, 3.63) is 21.8 Å². The van der Waals surface area contributed by atoms with Gasteiger partial charge in [-0.2, -0.15) is 0 Å². The maximum atomic E-state index is 7.52. The molecular formula is C43H92O3Si3Sn. The van der Waals surface area contributed by atoms with Crippen LogP contribution in [0, 0.1) is 11.8 Å². The Morgan fingerprint density at radius 1 is 0.640 bits per heavy atom. The van der Waals surface area contributed by atoms with Gasteiger partial charge in [0, 0.05) is 0 Å². The second kappa shape index (κ2) is 20.6. The molecule has 0 bridgehead atoms. The number of allylic oxidation sites excluding steroid dienone is 2. The molecule has 0 saturated heterocycles. The first-order valence-electron chi connectivity index (χ1n) is 20.8. The SMILES string of the molecule is C=[C](/C=C(\C)[C@@H](C)[C@H](C[C@H](O[Si](C)(C)C(C)(C)C)[C@@H](C)CO[Si](C)(C)C(C)(C)C)O[Si](C)(C)C(C)(C)C)[Sn]([CH2]CCC)([CH2]CCC)[CH2]CCC. The third-order valence-electron chi connectivity index (χ3n) is 13.5. The summed E-state index contributed by atoms with van der Waals surface area (Å²) >= 11 is -2.62. The molecule has 0 amide bonds. The van der Waals surface area contributed by atoms with E-state index in [4.69, 9.17) is 19.9 Å². The minimum absolute atomic E-state index is 0.0748. The van der Waals surface area contributed by atoms with Crippen LogP contribution in [0.15, 0.2) is 21.8 Å². The van der Waals surface area contributed by atoms with Crippen LogP contribution in [0.5, 0.6) is 0 Å². The molecule has 50 heavy (non-hydrogen) atoms. The van der Waals surface area contributed by atoms with E-state index >= 15 is 0 Å². The third kappa shape index (κ3) is 15.5. The Morgan fingerprint density at radius 2 is 1.00 bits per heavy atom. The molecule has 0 fully saturated rings. The Hall–Kier alpha value is 0.809. The van der Waals surface area contributed by atoms with Crippen molar-refractivity contribution in [2.45, 2.75) is 229 Å². The molecule has 0 saturated carbocycles. The van der Waals surface area contributed by atoms with E-state index in [1.165, 1.54) is 57.4 Å². The second-order valence-corrected chi connectivity index (χ2v) is 48.7. The first-order valence-corrected chi connectivity index (χ1v) is 37.0. The molecule has 0 spiro atoms. The molecule has 0 rings (SSSR count). The molecule has 0 N–H and O–H groups in total. The second-order valence-electron chi connectivity index (χ2n) is 20.9. The Balaban J connectivity index is 7.07. The zero-order chi connectivity index (χ0) is 39.6. The summed E-state index contributed by atoms with van der Waals surface area (Å²) < 4.78 is 27.8. The van der Waals surface area contributed by atoms with Crippen molar-refractivity contribution in [2.24, 2.45) is 11.8 Å². The number of rotatable bonds is 23. The first kappa shape index (κ1) is 50.8. The van der Waals surface area contributed by atoms with E-state index in [0.29, 0.717) is 0 Å². The van der Waals surface area contributed by atoms with Crippen molar-refractivity contribution in [1.82, 2.24) is 0 Å². The van der Waals surface area contributed by atoms with Gasteiger partial charge in [-0.15, -0.1) is 0 Å². The first-order chi connectivity index (χ1) is 22.4. The molecule has 0 aliphatic heterocycles. The average molecular weight is 860 g/mol. The van der Waals surface area contributed by atoms with Crippen LogP contribution in [-0.2, 0) is 13.3 Å². The fourth-order valence-corrected chi connectivity index (χ4v) is 25.2. The molecule has 0 aromatic heterocycles. The molecular weight excluding hydrogens is 767 g/mol. The van der Waals surface area contributed by atoms with Crippen LogP contribution in [0.2, 0.25) is 67.7 Å². The van der Waals surface area contributed by atoms with Crippen LogP contribution >= 0.6 is 0 Å². The maximum absolute atomic E-state index is 7.52. The third-order valence-corrected chi connectivity index (χ3v) is 42.5. The number of hydrogen-bond donors (Lipinski definition) is 0. The van der Waals surface area contributed by atoms with Gasteiger partial charge in [-0.05, 0) is 0 Å². The molecule has 0 aliphatic rings. The number of unbranched alkanes of at least 4 members (excludes halogenated alkanes) is 3. The van der Waals surface area contributed by atoms with Gasteiger partial charge in [-0.1, -0.05) is 20.8 Å². The normalized spacial score (nSPS) is 17.1. The summed E-state index contributed by atoms with van der Waals surface area (Å²) in [6, 6.07) is 0. The quantitative estimate of drug-likeness (QED) is 0.0757. The van der Waals surface area contributed by atoms with E-state index < -0.39 is 43.3 Å². The summed E-state index contributed by atoms with van der Waals surface area (Å²) in [5.74, 6) is 0.559. The van der Waals surface area contributed by atoms with Crippen molar-refractivity contribution >= 4 is 43.3 Å². The van der Waals surface area contributed by atoms with E-state index in [0.717, 1.165) is 13.0 Å². The van der Waals surface area contributed by atoms with Crippen LogP contribution < -0.4 is 0 Å². The van der Waals surface area contributed by atoms with Gasteiger partial charge in [0.1, 0.15) is 0 Å². The van der Waals surface area contributed by atoms with Gasteiger partial charge >= 0.3 is 305 Å². The van der Waals surface area contributed by atoms with E-state index in [-0.39, 0.29) is 39.2 Å². The van der Waals surface area contributed by atoms with Crippen LogP contribution in [0.25, 0.3) is 0 Å². The zero-order valence-corrected chi connectivity index (χ0v) is 44.0. The van der Waals surface area contributed by atoms with Crippen LogP contribution in [-0.4, -0.2) is 62.1 Å². The van der Waals surface area contributed by atoms with Crippen LogP contribution in [0.3, 0.4) is 0 Å². The fourth-order valence-electron chi connectivity index (χ4n) is 6.01. The van der Waals surface area contributed by atoms with Crippen molar-refractivity contribution in [1.29, 1.82) is 0 Å². The molecule has 0 heterocycles. The number of hydrogen-bond acceptors (Lipinski definition) is 3. The van der Waals surface area contributed by atoms with Crippen molar-refractivity contribution in [2.75, 3.05) is 6.61 Å². The van der Waals surface area contributed by atoms with Crippen molar-refractivity contribution in [3.8, 4) is 0 Å². The Labute approximate surface area is 323 Å². The summed E-state index contributed by atoms with van der Waals surface area (Å²) in [7, 11) is -6.05. The predicted molar refractivity (Wildman–Crippen MR) is 238 cm³/mol. The Bertz CT molecular complexity index is 1010. The molecule has 0 unspecified atom stereocenters. The standard InChI is InChI=1S/C31H65O3Si3.3C4H9.Sn/c1-20-21-24(2)26(4)28(34-37(18,19)31(11,12)13)22-27(33-36(16,17)30(8,9)10)25(3)23-32-35(14,15)29(5,6)7;3*1-3-4-2;/h21,25-28H,1,22-23H2,2-19H3;3*1,3-4H2,2H3;/b24-21+;;;;/t25-,26+,27-,28-;;;;/m0..../s1. The van der Waals surface area contributed by atoms with Crippen molar-refractivity contribution in [3.63, 3.8) is 0 Å². The molecule has 4 atom stereocenters. The summed E-state index contributed by atoms with van der Waals surface area (Å²) in [5, 5.41) is 0.442. The summed E-state index contributed by atoms with van der Waals surface area (Å²) in [4.78, 5) is 0. The van der Waals surface area contributed by atoms with Gasteiger partial charge in [0.25, 0.3) is 0 Å². The van der Waals surface area contributed by atoms with E-state index in [9.17, 15) is 0 Å². The van der Waals surface area contributed by atoms with E-state index in [2.05, 4.69) is 149 Å². The zero-order valence-electron chi connectivity index (χ0n) is 38.1. The van der Waals surface area contributed by atoms with Gasteiger partial charge < -0.3 is 0 Å². The molecule has 0 aliphatic carbocycles. The molecule has 298 valence electrons. The Morgan fingerprint density at radius 3 is 1.34 bits per heavy atom. The van der Waals surface area contributed by atoms with E-state index in [1.54, 1.807) is 3.59 Å². The Kier molecular flexibility index (Phi) is 21.0. The summed E-state index contributed by atoms with van der Waals surface area (Å²) in [6.07, 6.45) is 11.6. The molecule has 0 radical (unpaired) electrons. The minimum atomic E-state index is -2.62. The monoisotopic (exact) mass is 861 g/mol. The van der Waals surface area contributed by atoms with Gasteiger partial charge in [0.15, 0.2) is 0 Å². The molecule has 0 aromatic rings. The van der Waals surface area contributed by atoms with Crippen LogP contribution in [0.1, 0.15) is 149 Å². The molecule has 0 aromatic carbocycles. The van der Waals surface area contributed by atoms with Gasteiger partial charge in [0.2, 0.25) is 0 Å². The van der Waals surface area contributed by atoms with Crippen LogP contribution in [0.4, 0.5) is 0 Å². The van der Waals surface area contributed by atoms with Gasteiger partial charge in [0.05, 0.1) is 0 Å². The van der Waals surface area contributed by atoms with Crippen molar-refractivity contribution < 1.29 is 13.3 Å². The molecule has 7 heteroatoms. The summed E-state index contributed by atoms with van der Waals surface area (Å²) in [6.45, 7) is 55.7. The van der Waals surface area contributed by atoms with E-state index in [1.807, 2.05) is 0 Å². The fraction of sp³-hybridized carbons (Fsp3) is 0.907. The summed E-state index contributed by atoms with van der Waals surface area (Å²) in [5.41, 5.74) is 1.46. The average Bonchev–Trinajstić information content (AvgIpc) is 2.96. The van der Waals surface area contributed by atoms with Gasteiger partial charge in [-0.25, -0.2) is 0 Å². The predicted octanol–water partition coefficient (Wildman–Crippen LogP) is 15.3. The topological polar surface area (TPSA) is 27.7 Å². The van der Waals surface area contributed by atoms with Gasteiger partial charge in [-0.3, -0.25) is 0 Å². The molecule has 3 nitrogen and oxygen atoms in total.